The van der Waals surface area contributed by atoms with Crippen LogP contribution in [0.1, 0.15) is 58.8 Å². The van der Waals surface area contributed by atoms with Crippen LogP contribution < -0.4 is 0 Å². The highest BCUT2D eigenvalue weighted by atomic mass is 35.5. The number of halogens is 2. The lowest BCUT2D eigenvalue weighted by atomic mass is 9.81. The number of hydrogen-bond donors (Lipinski definition) is 0. The Hall–Kier alpha value is -1.88. The van der Waals surface area contributed by atoms with E-state index in [1.165, 1.54) is 6.07 Å². The molecule has 6 nitrogen and oxygen atoms in total. The first-order chi connectivity index (χ1) is 14.3. The fourth-order valence-corrected chi connectivity index (χ4v) is 4.57. The summed E-state index contributed by atoms with van der Waals surface area (Å²) in [4.78, 5) is 16.7. The van der Waals surface area contributed by atoms with Crippen LogP contribution in [-0.2, 0) is 9.47 Å². The number of fused-ring (bicyclic) bond motifs is 1. The zero-order chi connectivity index (χ0) is 23.1. The van der Waals surface area contributed by atoms with Crippen LogP contribution in [-0.4, -0.2) is 59.8 Å². The average molecular weight is 452 g/mol. The lowest BCUT2D eigenvalue weighted by molar-refractivity contribution is -0.174. The van der Waals surface area contributed by atoms with Gasteiger partial charge in [-0.05, 0) is 32.3 Å². The highest BCUT2D eigenvalue weighted by Gasteiger charge is 2.47. The molecule has 0 saturated carbocycles. The minimum absolute atomic E-state index is 0.00724. The van der Waals surface area contributed by atoms with E-state index in [0.29, 0.717) is 31.7 Å². The Bertz CT molecular complexity index is 888. The van der Waals surface area contributed by atoms with Gasteiger partial charge in [-0.1, -0.05) is 38.4 Å². The highest BCUT2D eigenvalue weighted by molar-refractivity contribution is 6.32. The molecule has 2 aliphatic rings. The summed E-state index contributed by atoms with van der Waals surface area (Å²) in [6.45, 7) is 14.1. The molecule has 8 heteroatoms. The number of amides is 1. The van der Waals surface area contributed by atoms with Crippen LogP contribution in [0.2, 0.25) is 5.02 Å². The Morgan fingerprint density at radius 1 is 1.23 bits per heavy atom. The van der Waals surface area contributed by atoms with E-state index in [1.807, 2.05) is 26.8 Å². The number of rotatable bonds is 1. The number of nitriles is 1. The van der Waals surface area contributed by atoms with Gasteiger partial charge in [0.25, 0.3) is 0 Å². The van der Waals surface area contributed by atoms with Gasteiger partial charge in [0.05, 0.1) is 23.3 Å². The molecule has 0 bridgehead atoms. The molecule has 2 saturated heterocycles. The molecule has 170 valence electrons. The second kappa shape index (κ2) is 8.57. The van der Waals surface area contributed by atoms with E-state index in [-0.39, 0.29) is 34.2 Å². The number of carbonyl (C=O) groups excluding carboxylic acids is 1. The van der Waals surface area contributed by atoms with Crippen molar-refractivity contribution in [3.63, 3.8) is 0 Å². The van der Waals surface area contributed by atoms with Crippen LogP contribution in [0.25, 0.3) is 0 Å². The van der Waals surface area contributed by atoms with E-state index in [9.17, 15) is 14.4 Å². The van der Waals surface area contributed by atoms with Crippen molar-refractivity contribution in [1.82, 2.24) is 9.80 Å². The number of ether oxygens (including phenoxy) is 2. The summed E-state index contributed by atoms with van der Waals surface area (Å²) in [5.41, 5.74) is -0.319. The van der Waals surface area contributed by atoms with Crippen LogP contribution in [0.3, 0.4) is 0 Å². The predicted molar refractivity (Wildman–Crippen MR) is 116 cm³/mol. The van der Waals surface area contributed by atoms with Gasteiger partial charge in [0.15, 0.2) is 0 Å². The first kappa shape index (κ1) is 23.8. The standard InChI is InChI=1S/C23H31ClFN3O3/c1-22(2,3)20-17-12-28(21(29)31-23(4,5)6)10-9-27(17)13-18(30-20)14-7-8-16(25)15(11-26)19(14)24/h7-8,17-18,20H,9-10,12-13H2,1-6H3/t17-,18-,20?/m1/s1. The van der Waals surface area contributed by atoms with Crippen LogP contribution in [0, 0.1) is 22.6 Å². The van der Waals surface area contributed by atoms with Gasteiger partial charge < -0.3 is 14.4 Å². The second-order valence-electron chi connectivity index (χ2n) is 10.3. The van der Waals surface area contributed by atoms with E-state index >= 15 is 0 Å². The van der Waals surface area contributed by atoms with Gasteiger partial charge in [-0.3, -0.25) is 4.90 Å². The molecule has 3 atom stereocenters. The predicted octanol–water partition coefficient (Wildman–Crippen LogP) is 4.76. The number of hydrogen-bond acceptors (Lipinski definition) is 5. The van der Waals surface area contributed by atoms with Crippen molar-refractivity contribution in [2.24, 2.45) is 5.41 Å². The molecular weight excluding hydrogens is 421 g/mol. The Morgan fingerprint density at radius 3 is 2.48 bits per heavy atom. The molecule has 1 aromatic carbocycles. The minimum atomic E-state index is -0.636. The Kier molecular flexibility index (Phi) is 6.57. The fraction of sp³-hybridized carbons (Fsp3) is 0.652. The number of carbonyl (C=O) groups is 1. The van der Waals surface area contributed by atoms with Gasteiger partial charge in [-0.25, -0.2) is 9.18 Å². The second-order valence-corrected chi connectivity index (χ2v) is 10.7. The van der Waals surface area contributed by atoms with Crippen molar-refractivity contribution in [2.75, 3.05) is 26.2 Å². The van der Waals surface area contributed by atoms with Crippen molar-refractivity contribution in [3.05, 3.63) is 34.1 Å². The van der Waals surface area contributed by atoms with Crippen LogP contribution in [0.15, 0.2) is 12.1 Å². The number of morpholine rings is 1. The quantitative estimate of drug-likeness (QED) is 0.616. The van der Waals surface area contributed by atoms with Gasteiger partial charge in [-0.15, -0.1) is 0 Å². The summed E-state index contributed by atoms with van der Waals surface area (Å²) in [5.74, 6) is -0.636. The van der Waals surface area contributed by atoms with Gasteiger partial charge in [0, 0.05) is 31.7 Å². The molecule has 0 radical (unpaired) electrons. The summed E-state index contributed by atoms with van der Waals surface area (Å²) in [6.07, 6.45) is -0.918. The van der Waals surface area contributed by atoms with Crippen molar-refractivity contribution in [3.8, 4) is 6.07 Å². The molecule has 0 aliphatic carbocycles. The van der Waals surface area contributed by atoms with E-state index in [2.05, 4.69) is 25.7 Å². The number of piperazine rings is 1. The van der Waals surface area contributed by atoms with Crippen LogP contribution in [0.4, 0.5) is 9.18 Å². The van der Waals surface area contributed by atoms with E-state index in [0.717, 1.165) is 0 Å². The topological polar surface area (TPSA) is 65.8 Å². The maximum absolute atomic E-state index is 14.0. The molecule has 2 aliphatic heterocycles. The summed E-state index contributed by atoms with van der Waals surface area (Å²) >= 11 is 6.38. The molecule has 31 heavy (non-hydrogen) atoms. The van der Waals surface area contributed by atoms with E-state index < -0.39 is 17.5 Å². The molecule has 3 rings (SSSR count). The maximum atomic E-state index is 14.0. The largest absolute Gasteiger partial charge is 0.444 e. The molecule has 2 fully saturated rings. The van der Waals surface area contributed by atoms with Gasteiger partial charge >= 0.3 is 6.09 Å². The monoisotopic (exact) mass is 451 g/mol. The number of nitrogens with zero attached hydrogens (tertiary/aromatic N) is 3. The zero-order valence-electron chi connectivity index (χ0n) is 19.0. The SMILES string of the molecule is CC(C)(C)OC(=O)N1CCN2C[C@H](c3ccc(F)c(C#N)c3Cl)OC(C(C)(C)C)[C@H]2C1. The van der Waals surface area contributed by atoms with E-state index in [4.69, 9.17) is 21.1 Å². The lowest BCUT2D eigenvalue weighted by Crippen LogP contribution is -2.65. The Labute approximate surface area is 188 Å². The lowest BCUT2D eigenvalue weighted by Gasteiger charge is -2.53. The summed E-state index contributed by atoms with van der Waals surface area (Å²) in [5, 5.41) is 9.38. The van der Waals surface area contributed by atoms with E-state index in [1.54, 1.807) is 11.0 Å². The van der Waals surface area contributed by atoms with Crippen LogP contribution in [0.5, 0.6) is 0 Å². The molecule has 1 aromatic rings. The minimum Gasteiger partial charge on any atom is -0.444 e. The molecule has 2 heterocycles. The molecule has 0 N–H and O–H groups in total. The van der Waals surface area contributed by atoms with Crippen molar-refractivity contribution in [2.45, 2.75) is 65.4 Å². The van der Waals surface area contributed by atoms with Crippen LogP contribution >= 0.6 is 11.6 Å². The third-order valence-electron chi connectivity index (χ3n) is 5.68. The van der Waals surface area contributed by atoms with Gasteiger partial charge in [0.2, 0.25) is 0 Å². The third-order valence-corrected chi connectivity index (χ3v) is 6.09. The summed E-state index contributed by atoms with van der Waals surface area (Å²) < 4.78 is 26.0. The first-order valence-corrected chi connectivity index (χ1v) is 10.9. The summed E-state index contributed by atoms with van der Waals surface area (Å²) in [7, 11) is 0. The van der Waals surface area contributed by atoms with Gasteiger partial charge in [-0.2, -0.15) is 5.26 Å². The van der Waals surface area contributed by atoms with Gasteiger partial charge in [0.1, 0.15) is 23.1 Å². The third kappa shape index (κ3) is 5.14. The average Bonchev–Trinajstić information content (AvgIpc) is 2.65. The zero-order valence-corrected chi connectivity index (χ0v) is 19.8. The number of benzene rings is 1. The molecule has 1 unspecified atom stereocenters. The summed E-state index contributed by atoms with van der Waals surface area (Å²) in [6, 6.07) is 4.70. The Morgan fingerprint density at radius 2 is 1.90 bits per heavy atom. The van der Waals surface area contributed by atoms with Crippen molar-refractivity contribution >= 4 is 17.7 Å². The van der Waals surface area contributed by atoms with Crippen molar-refractivity contribution < 1.29 is 18.7 Å². The first-order valence-electron chi connectivity index (χ1n) is 10.6. The normalized spacial score (nSPS) is 25.0. The Balaban J connectivity index is 1.87. The fourth-order valence-electron chi connectivity index (χ4n) is 4.25. The molecule has 0 aromatic heterocycles. The molecule has 1 amide bonds. The highest BCUT2D eigenvalue weighted by Crippen LogP contribution is 2.41. The van der Waals surface area contributed by atoms with Crippen molar-refractivity contribution in [1.29, 1.82) is 5.26 Å². The molecule has 0 spiro atoms. The molecular formula is C23H31ClFN3O3. The maximum Gasteiger partial charge on any atom is 0.410 e. The smallest absolute Gasteiger partial charge is 0.410 e.